The monoisotopic (exact) mass is 299 g/mol. The lowest BCUT2D eigenvalue weighted by Gasteiger charge is -2.26. The van der Waals surface area contributed by atoms with Gasteiger partial charge in [-0.1, -0.05) is 0 Å². The summed E-state index contributed by atoms with van der Waals surface area (Å²) in [5.41, 5.74) is 6.22. The number of esters is 1. The van der Waals surface area contributed by atoms with Crippen LogP contribution in [0.5, 0.6) is 0 Å². The van der Waals surface area contributed by atoms with Crippen molar-refractivity contribution >= 4 is 27.3 Å². The number of hydrogen-bond donors (Lipinski definition) is 1. The molecule has 0 bridgehead atoms. The van der Waals surface area contributed by atoms with E-state index in [-0.39, 0.29) is 23.1 Å². The van der Waals surface area contributed by atoms with Crippen LogP contribution in [0.1, 0.15) is 16.8 Å². The topological polar surface area (TPSA) is 103 Å². The number of anilines is 2. The Morgan fingerprint density at radius 1 is 1.55 bits per heavy atom. The van der Waals surface area contributed by atoms with E-state index in [1.165, 1.54) is 19.4 Å². The molecular weight excluding hydrogens is 282 g/mol. The van der Waals surface area contributed by atoms with Gasteiger partial charge in [0.25, 0.3) is 0 Å². The van der Waals surface area contributed by atoms with Crippen molar-refractivity contribution in [1.82, 2.24) is 4.98 Å². The van der Waals surface area contributed by atoms with Gasteiger partial charge >= 0.3 is 5.97 Å². The van der Waals surface area contributed by atoms with Gasteiger partial charge in [0.05, 0.1) is 30.5 Å². The Kier molecular flexibility index (Phi) is 3.85. The summed E-state index contributed by atoms with van der Waals surface area (Å²) in [7, 11) is -0.0138. The fraction of sp³-hybridized carbons (Fsp3) is 0.500. The van der Waals surface area contributed by atoms with Gasteiger partial charge in [-0.3, -0.25) is 0 Å². The summed E-state index contributed by atoms with van der Waals surface area (Å²) in [6.45, 7) is 0. The molecule has 2 heterocycles. The molecule has 0 saturated carbocycles. The molecular formula is C12H17N3O4S. The minimum absolute atomic E-state index is 0.0656. The van der Waals surface area contributed by atoms with E-state index in [4.69, 9.17) is 10.5 Å². The molecule has 1 atom stereocenters. The van der Waals surface area contributed by atoms with Crippen molar-refractivity contribution in [2.24, 2.45) is 0 Å². The second kappa shape index (κ2) is 5.28. The number of methoxy groups -OCH3 is 1. The van der Waals surface area contributed by atoms with Gasteiger partial charge in [-0.25, -0.2) is 18.2 Å². The maximum atomic E-state index is 11.8. The molecule has 110 valence electrons. The summed E-state index contributed by atoms with van der Waals surface area (Å²) in [4.78, 5) is 17.6. The van der Waals surface area contributed by atoms with Crippen LogP contribution < -0.4 is 10.6 Å². The first-order valence-electron chi connectivity index (χ1n) is 6.11. The van der Waals surface area contributed by atoms with Crippen LogP contribution >= 0.6 is 0 Å². The number of rotatable bonds is 3. The van der Waals surface area contributed by atoms with Crippen LogP contribution in [-0.2, 0) is 14.6 Å². The SMILES string of the molecule is COC(=O)c1cc(N)cnc1N(C)C1CCS(=O)(=O)C1. The van der Waals surface area contributed by atoms with Crippen molar-refractivity contribution in [3.05, 3.63) is 17.8 Å². The third-order valence-electron chi connectivity index (χ3n) is 3.38. The zero-order valence-corrected chi connectivity index (χ0v) is 12.2. The van der Waals surface area contributed by atoms with Crippen molar-refractivity contribution in [3.63, 3.8) is 0 Å². The number of carbonyl (C=O) groups excluding carboxylic acids is 1. The first kappa shape index (κ1) is 14.6. The van der Waals surface area contributed by atoms with Crippen LogP contribution in [0.4, 0.5) is 11.5 Å². The van der Waals surface area contributed by atoms with Crippen LogP contribution in [0.25, 0.3) is 0 Å². The Balaban J connectivity index is 2.35. The highest BCUT2D eigenvalue weighted by molar-refractivity contribution is 7.91. The number of pyridine rings is 1. The van der Waals surface area contributed by atoms with Gasteiger partial charge in [-0.05, 0) is 12.5 Å². The average Bonchev–Trinajstić information content (AvgIpc) is 2.77. The van der Waals surface area contributed by atoms with E-state index in [1.54, 1.807) is 11.9 Å². The quantitative estimate of drug-likeness (QED) is 0.788. The van der Waals surface area contributed by atoms with E-state index < -0.39 is 15.8 Å². The molecule has 2 N–H and O–H groups in total. The van der Waals surface area contributed by atoms with Crippen LogP contribution in [0, 0.1) is 0 Å². The maximum Gasteiger partial charge on any atom is 0.341 e. The molecule has 1 saturated heterocycles. The number of nitrogens with zero attached hydrogens (tertiary/aromatic N) is 2. The molecule has 1 aromatic rings. The van der Waals surface area contributed by atoms with Gasteiger partial charge in [-0.15, -0.1) is 0 Å². The Morgan fingerprint density at radius 3 is 2.80 bits per heavy atom. The van der Waals surface area contributed by atoms with Crippen LogP contribution in [0.2, 0.25) is 0 Å². The molecule has 0 radical (unpaired) electrons. The summed E-state index contributed by atoms with van der Waals surface area (Å²) in [6, 6.07) is 1.29. The highest BCUT2D eigenvalue weighted by Crippen LogP contribution is 2.25. The fourth-order valence-electron chi connectivity index (χ4n) is 2.27. The predicted octanol–water partition coefficient (Wildman–Crippen LogP) is 0.0737. The van der Waals surface area contributed by atoms with Crippen molar-refractivity contribution < 1.29 is 17.9 Å². The third kappa shape index (κ3) is 2.84. The van der Waals surface area contributed by atoms with Gasteiger partial charge in [0.1, 0.15) is 11.4 Å². The number of ether oxygens (including phenoxy) is 1. The first-order chi connectivity index (χ1) is 9.34. The second-order valence-electron chi connectivity index (χ2n) is 4.80. The smallest absolute Gasteiger partial charge is 0.341 e. The first-order valence-corrected chi connectivity index (χ1v) is 7.93. The molecule has 20 heavy (non-hydrogen) atoms. The Hall–Kier alpha value is -1.83. The molecule has 8 heteroatoms. The Bertz CT molecular complexity index is 630. The molecule has 1 aliphatic heterocycles. The van der Waals surface area contributed by atoms with E-state index in [1.807, 2.05) is 0 Å². The molecule has 2 rings (SSSR count). The Labute approximate surface area is 117 Å². The third-order valence-corrected chi connectivity index (χ3v) is 5.13. The lowest BCUT2D eigenvalue weighted by atomic mass is 10.2. The lowest BCUT2D eigenvalue weighted by Crippen LogP contribution is -2.34. The summed E-state index contributed by atoms with van der Waals surface area (Å²) in [5.74, 6) is 0.0569. The number of hydrogen-bond acceptors (Lipinski definition) is 7. The number of nitrogen functional groups attached to an aromatic ring is 1. The van der Waals surface area contributed by atoms with Crippen LogP contribution in [-0.4, -0.2) is 51.1 Å². The minimum Gasteiger partial charge on any atom is -0.465 e. The lowest BCUT2D eigenvalue weighted by molar-refractivity contribution is 0.0601. The zero-order valence-electron chi connectivity index (χ0n) is 11.4. The minimum atomic E-state index is -3.01. The molecule has 0 aromatic carbocycles. The molecule has 7 nitrogen and oxygen atoms in total. The van der Waals surface area contributed by atoms with E-state index in [0.29, 0.717) is 17.9 Å². The van der Waals surface area contributed by atoms with Gasteiger partial charge in [-0.2, -0.15) is 0 Å². The number of nitrogens with two attached hydrogens (primary N) is 1. The molecule has 0 spiro atoms. The van der Waals surface area contributed by atoms with E-state index >= 15 is 0 Å². The molecule has 1 aromatic heterocycles. The van der Waals surface area contributed by atoms with Crippen LogP contribution in [0.3, 0.4) is 0 Å². The number of carbonyl (C=O) groups is 1. The molecule has 0 aliphatic carbocycles. The van der Waals surface area contributed by atoms with E-state index in [0.717, 1.165) is 0 Å². The highest BCUT2D eigenvalue weighted by Gasteiger charge is 2.32. The van der Waals surface area contributed by atoms with Crippen LogP contribution in [0.15, 0.2) is 12.3 Å². The predicted molar refractivity (Wildman–Crippen MR) is 75.5 cm³/mol. The van der Waals surface area contributed by atoms with Gasteiger partial charge < -0.3 is 15.4 Å². The Morgan fingerprint density at radius 2 is 2.25 bits per heavy atom. The summed E-state index contributed by atoms with van der Waals surface area (Å²) in [5, 5.41) is 0. The fourth-order valence-corrected chi connectivity index (χ4v) is 4.04. The van der Waals surface area contributed by atoms with Gasteiger partial charge in [0, 0.05) is 13.1 Å². The summed E-state index contributed by atoms with van der Waals surface area (Å²) >= 11 is 0. The maximum absolute atomic E-state index is 11.8. The second-order valence-corrected chi connectivity index (χ2v) is 7.03. The molecule has 1 fully saturated rings. The van der Waals surface area contributed by atoms with Gasteiger partial charge in [0.2, 0.25) is 0 Å². The van der Waals surface area contributed by atoms with Crippen molar-refractivity contribution in [2.45, 2.75) is 12.5 Å². The molecule has 1 aliphatic rings. The summed E-state index contributed by atoms with van der Waals surface area (Å²) < 4.78 is 27.8. The highest BCUT2D eigenvalue weighted by atomic mass is 32.2. The normalized spacial score (nSPS) is 20.6. The molecule has 0 amide bonds. The largest absolute Gasteiger partial charge is 0.465 e. The average molecular weight is 299 g/mol. The molecule has 1 unspecified atom stereocenters. The number of sulfone groups is 1. The number of aromatic nitrogens is 1. The van der Waals surface area contributed by atoms with E-state index in [2.05, 4.69) is 4.98 Å². The van der Waals surface area contributed by atoms with E-state index in [9.17, 15) is 13.2 Å². The van der Waals surface area contributed by atoms with Gasteiger partial charge in [0.15, 0.2) is 9.84 Å². The standard InChI is InChI=1S/C12H17N3O4S/c1-15(9-3-4-20(17,18)7-9)11-10(12(16)19-2)5-8(13)6-14-11/h5-6,9H,3-4,7,13H2,1-2H3. The van der Waals surface area contributed by atoms with Crippen molar-refractivity contribution in [3.8, 4) is 0 Å². The van der Waals surface area contributed by atoms with Crippen molar-refractivity contribution in [1.29, 1.82) is 0 Å². The summed E-state index contributed by atoms with van der Waals surface area (Å²) in [6.07, 6.45) is 1.95. The zero-order chi connectivity index (χ0) is 14.9. The van der Waals surface area contributed by atoms with Crippen molar-refractivity contribution in [2.75, 3.05) is 36.3 Å².